The number of benzene rings is 2. The summed E-state index contributed by atoms with van der Waals surface area (Å²) >= 11 is 0. The molecular formula is C54H46N20O4. The molecule has 0 aliphatic heterocycles. The Morgan fingerprint density at radius 2 is 0.859 bits per heavy atom. The number of aromatic nitrogens is 12. The van der Waals surface area contributed by atoms with E-state index in [2.05, 4.69) is 65.3 Å². The fraction of sp³-hybridized carbons (Fsp3) is 0.111. The van der Waals surface area contributed by atoms with Crippen molar-refractivity contribution >= 4 is 47.1 Å². The van der Waals surface area contributed by atoms with Gasteiger partial charge in [0.2, 0.25) is 30.0 Å². The summed E-state index contributed by atoms with van der Waals surface area (Å²) in [6.07, 6.45) is 8.90. The van der Waals surface area contributed by atoms with Crippen LogP contribution in [0.4, 0.5) is 47.1 Å². The molecule has 0 amide bonds. The topological polar surface area (TPSA) is 310 Å². The number of hydrogen-bond donors (Lipinski definition) is 4. The average molecular weight is 1040 g/mol. The standard InChI is InChI=1S/C54H46N20O4/c55-49-62-50(70-68-43-21-19-41(75)29-46(43)77)66-54(63-49)74(35-40-17-5-11-27-60-40)48(45-18-6-12-28-61-45)78-47-30-42(76)20-22-44(47)69-71-51-64-52(72(31-36-13-1-7-23-56-36)32-37-14-2-8-24-57-37)67-53(65-51)73(33-38-15-3-9-25-58-38)34-39-16-4-10-26-59-39/h1-30,48,75-77H,31-35H2,(H2,55,62,63,66). The number of rotatable bonds is 21. The Kier molecular flexibility index (Phi) is 15.7. The molecule has 8 heterocycles. The summed E-state index contributed by atoms with van der Waals surface area (Å²) in [7, 11) is 0. The SMILES string of the molecule is Nc1nc(N=Nc2ccc(O)cc2O)nc(N(Cc2ccccn2)C(Oc2cc(O)ccc2N=Nc2nc(N(Cc3ccccn3)Cc3ccccn3)nc(N(Cc3ccccn3)Cc3ccccn3)n2)c2ccccn2)n1. The highest BCUT2D eigenvalue weighted by molar-refractivity contribution is 5.56. The number of pyridine rings is 6. The lowest BCUT2D eigenvalue weighted by Gasteiger charge is -2.31. The van der Waals surface area contributed by atoms with Gasteiger partial charge in [0, 0.05) is 49.3 Å². The van der Waals surface area contributed by atoms with E-state index in [1.165, 1.54) is 30.3 Å². The van der Waals surface area contributed by atoms with E-state index in [1.54, 1.807) is 72.4 Å². The Morgan fingerprint density at radius 1 is 0.423 bits per heavy atom. The van der Waals surface area contributed by atoms with E-state index in [1.807, 2.05) is 88.7 Å². The quantitative estimate of drug-likeness (QED) is 0.0385. The highest BCUT2D eigenvalue weighted by Gasteiger charge is 2.30. The number of phenols is 3. The molecule has 0 bridgehead atoms. The minimum absolute atomic E-state index is 0.00789. The predicted octanol–water partition coefficient (Wildman–Crippen LogP) is 9.15. The van der Waals surface area contributed by atoms with Gasteiger partial charge >= 0.3 is 0 Å². The van der Waals surface area contributed by atoms with Crippen molar-refractivity contribution in [3.8, 4) is 23.0 Å². The highest BCUT2D eigenvalue weighted by Crippen LogP contribution is 2.39. The molecule has 8 aromatic heterocycles. The third-order valence-electron chi connectivity index (χ3n) is 11.3. The molecule has 0 aliphatic rings. The zero-order valence-corrected chi connectivity index (χ0v) is 41.3. The zero-order chi connectivity index (χ0) is 53.5. The molecule has 24 heteroatoms. The van der Waals surface area contributed by atoms with Crippen LogP contribution in [0.25, 0.3) is 0 Å². The lowest BCUT2D eigenvalue weighted by Crippen LogP contribution is -2.34. The first-order chi connectivity index (χ1) is 38.2. The van der Waals surface area contributed by atoms with Gasteiger partial charge in [-0.3, -0.25) is 34.8 Å². The molecule has 10 aromatic rings. The molecule has 0 radical (unpaired) electrons. The summed E-state index contributed by atoms with van der Waals surface area (Å²) in [6.45, 7) is 1.16. The lowest BCUT2D eigenvalue weighted by atomic mass is 10.2. The molecule has 0 saturated carbocycles. The zero-order valence-electron chi connectivity index (χ0n) is 41.3. The Hall–Kier alpha value is -11.0. The monoisotopic (exact) mass is 1040 g/mol. The van der Waals surface area contributed by atoms with E-state index in [0.717, 1.165) is 28.8 Å². The summed E-state index contributed by atoms with van der Waals surface area (Å²) in [5.74, 6) is -0.689. The van der Waals surface area contributed by atoms with E-state index < -0.39 is 6.23 Å². The van der Waals surface area contributed by atoms with E-state index in [4.69, 9.17) is 25.4 Å². The largest absolute Gasteiger partial charge is 0.508 e. The number of ether oxygens (including phenoxy) is 1. The first-order valence-electron chi connectivity index (χ1n) is 24.0. The van der Waals surface area contributed by atoms with Crippen LogP contribution in [0.15, 0.2) is 203 Å². The molecule has 0 spiro atoms. The van der Waals surface area contributed by atoms with E-state index in [9.17, 15) is 15.3 Å². The Bertz CT molecular complexity index is 3430. The maximum atomic E-state index is 11.1. The second kappa shape index (κ2) is 24.3. The smallest absolute Gasteiger partial charge is 0.275 e. The van der Waals surface area contributed by atoms with Gasteiger partial charge in [-0.25, -0.2) is 0 Å². The van der Waals surface area contributed by atoms with Crippen LogP contribution >= 0.6 is 0 Å². The normalized spacial score (nSPS) is 11.6. The van der Waals surface area contributed by atoms with Crippen molar-refractivity contribution in [3.05, 3.63) is 217 Å². The van der Waals surface area contributed by atoms with Gasteiger partial charge in [0.25, 0.3) is 11.9 Å². The number of nitrogens with two attached hydrogens (primary N) is 1. The molecule has 1 unspecified atom stereocenters. The van der Waals surface area contributed by atoms with Crippen LogP contribution in [0.2, 0.25) is 0 Å². The molecule has 0 fully saturated rings. The second-order valence-corrected chi connectivity index (χ2v) is 16.9. The van der Waals surface area contributed by atoms with Crippen molar-refractivity contribution in [2.45, 2.75) is 39.0 Å². The number of phenolic OH excluding ortho intramolecular Hbond substituents is 3. The highest BCUT2D eigenvalue weighted by atomic mass is 16.5. The van der Waals surface area contributed by atoms with Crippen molar-refractivity contribution in [2.75, 3.05) is 20.4 Å². The summed E-state index contributed by atoms with van der Waals surface area (Å²) in [5.41, 5.74) is 10.4. The van der Waals surface area contributed by atoms with Crippen LogP contribution in [0, 0.1) is 0 Å². The van der Waals surface area contributed by atoms with Gasteiger partial charge in [0.15, 0.2) is 5.75 Å². The minimum Gasteiger partial charge on any atom is -0.508 e. The number of hydrogen-bond acceptors (Lipinski definition) is 24. The van der Waals surface area contributed by atoms with Gasteiger partial charge < -0.3 is 35.6 Å². The van der Waals surface area contributed by atoms with Crippen LogP contribution in [0.1, 0.15) is 40.4 Å². The van der Waals surface area contributed by atoms with Gasteiger partial charge in [0.05, 0.1) is 61.2 Å². The summed E-state index contributed by atoms with van der Waals surface area (Å²) in [5, 5.41) is 48.8. The van der Waals surface area contributed by atoms with E-state index in [0.29, 0.717) is 11.4 Å². The fourth-order valence-corrected chi connectivity index (χ4v) is 7.68. The van der Waals surface area contributed by atoms with Crippen molar-refractivity contribution in [1.82, 2.24) is 59.8 Å². The molecule has 5 N–H and O–H groups in total. The van der Waals surface area contributed by atoms with E-state index in [-0.39, 0.29) is 103 Å². The van der Waals surface area contributed by atoms with Crippen LogP contribution in [0.5, 0.6) is 23.0 Å². The van der Waals surface area contributed by atoms with E-state index >= 15 is 0 Å². The number of aromatic hydroxyl groups is 3. The number of nitrogens with zero attached hydrogens (tertiary/aromatic N) is 19. The van der Waals surface area contributed by atoms with Crippen molar-refractivity contribution in [3.63, 3.8) is 0 Å². The molecular weight excluding hydrogens is 993 g/mol. The molecule has 2 aromatic carbocycles. The molecule has 1 atom stereocenters. The minimum atomic E-state index is -1.20. The van der Waals surface area contributed by atoms with Crippen molar-refractivity contribution in [1.29, 1.82) is 0 Å². The third-order valence-corrected chi connectivity index (χ3v) is 11.3. The fourth-order valence-electron chi connectivity index (χ4n) is 7.68. The number of anilines is 4. The van der Waals surface area contributed by atoms with Gasteiger partial charge in [0.1, 0.15) is 34.3 Å². The summed E-state index contributed by atoms with van der Waals surface area (Å²) < 4.78 is 6.89. The number of azo groups is 2. The molecule has 24 nitrogen and oxygen atoms in total. The lowest BCUT2D eigenvalue weighted by molar-refractivity contribution is 0.190. The maximum Gasteiger partial charge on any atom is 0.275 e. The Balaban J connectivity index is 1.07. The molecule has 0 aliphatic carbocycles. The van der Waals surface area contributed by atoms with Crippen LogP contribution in [0.3, 0.4) is 0 Å². The van der Waals surface area contributed by atoms with Crippen LogP contribution < -0.4 is 25.2 Å². The maximum absolute atomic E-state index is 11.1. The van der Waals surface area contributed by atoms with Gasteiger partial charge in [-0.05, 0) is 97.1 Å². The van der Waals surface area contributed by atoms with Crippen LogP contribution in [-0.2, 0) is 32.7 Å². The average Bonchev–Trinajstić information content (AvgIpc) is 3.50. The predicted molar refractivity (Wildman–Crippen MR) is 285 cm³/mol. The molecule has 10 rings (SSSR count). The molecule has 386 valence electrons. The third kappa shape index (κ3) is 13.4. The first kappa shape index (κ1) is 50.5. The van der Waals surface area contributed by atoms with Gasteiger partial charge in [-0.2, -0.15) is 29.9 Å². The van der Waals surface area contributed by atoms with Gasteiger partial charge in [-0.1, -0.05) is 36.4 Å². The van der Waals surface area contributed by atoms with Crippen molar-refractivity contribution in [2.24, 2.45) is 20.5 Å². The first-order valence-corrected chi connectivity index (χ1v) is 24.0. The number of nitrogen functional groups attached to an aromatic ring is 1. The summed E-state index contributed by atoms with van der Waals surface area (Å²) in [4.78, 5) is 61.3. The van der Waals surface area contributed by atoms with Gasteiger partial charge in [-0.15, -0.1) is 20.5 Å². The van der Waals surface area contributed by atoms with Crippen molar-refractivity contribution < 1.29 is 20.1 Å². The second-order valence-electron chi connectivity index (χ2n) is 16.9. The summed E-state index contributed by atoms with van der Waals surface area (Å²) in [6, 6.07) is 41.5. The molecule has 0 saturated heterocycles. The Labute approximate surface area is 445 Å². The Morgan fingerprint density at radius 3 is 1.33 bits per heavy atom. The molecule has 78 heavy (non-hydrogen) atoms. The van der Waals surface area contributed by atoms with Crippen LogP contribution in [-0.4, -0.2) is 75.1 Å².